The average molecular weight is 491 g/mol. The molecule has 1 unspecified atom stereocenters. The zero-order valence-electron chi connectivity index (χ0n) is 21.0. The van der Waals surface area contributed by atoms with Crippen molar-refractivity contribution in [3.63, 3.8) is 0 Å². The molecule has 3 aliphatic rings. The summed E-state index contributed by atoms with van der Waals surface area (Å²) in [4.78, 5) is 6.33. The second-order valence-electron chi connectivity index (χ2n) is 10.7. The van der Waals surface area contributed by atoms with Gasteiger partial charge in [0.25, 0.3) is 5.85 Å². The molecule has 1 saturated carbocycles. The van der Waals surface area contributed by atoms with E-state index in [-0.39, 0.29) is 18.4 Å². The van der Waals surface area contributed by atoms with Crippen LogP contribution in [-0.4, -0.2) is 30.0 Å². The maximum atomic E-state index is 15.2. The van der Waals surface area contributed by atoms with Gasteiger partial charge in [-0.1, -0.05) is 6.07 Å². The zero-order valence-corrected chi connectivity index (χ0v) is 21.0. The van der Waals surface area contributed by atoms with Gasteiger partial charge in [0.1, 0.15) is 17.4 Å². The predicted molar refractivity (Wildman–Crippen MR) is 139 cm³/mol. The first-order valence-electron chi connectivity index (χ1n) is 12.9. The highest BCUT2D eigenvalue weighted by molar-refractivity contribution is 5.78. The Balaban J connectivity index is 1.39. The van der Waals surface area contributed by atoms with Crippen LogP contribution in [0.2, 0.25) is 0 Å². The van der Waals surface area contributed by atoms with E-state index in [4.69, 9.17) is 4.74 Å². The molecule has 36 heavy (non-hydrogen) atoms. The van der Waals surface area contributed by atoms with Crippen LogP contribution in [0.4, 0.5) is 26.0 Å². The number of rotatable bonds is 5. The van der Waals surface area contributed by atoms with Crippen LogP contribution in [0.5, 0.6) is 5.75 Å². The van der Waals surface area contributed by atoms with Gasteiger partial charge in [0.05, 0.1) is 18.4 Å². The number of pyridine rings is 1. The third-order valence-electron chi connectivity index (χ3n) is 7.35. The van der Waals surface area contributed by atoms with E-state index in [9.17, 15) is 0 Å². The highest BCUT2D eigenvalue weighted by Crippen LogP contribution is 2.52. The Labute approximate surface area is 210 Å². The fourth-order valence-corrected chi connectivity index (χ4v) is 5.34. The SMILES string of the molecule is CC(C)N1CC(C)(F)Oc2c(C3CC3)cc(-c3cc(Nc4ccc5c(c4)CCNC5)ncc3F)cc21. The number of alkyl halides is 1. The van der Waals surface area contributed by atoms with Crippen molar-refractivity contribution >= 4 is 17.2 Å². The minimum Gasteiger partial charge on any atom is -0.454 e. The number of fused-ring (bicyclic) bond motifs is 2. The van der Waals surface area contributed by atoms with Crippen LogP contribution in [-0.2, 0) is 13.0 Å². The van der Waals surface area contributed by atoms with Crippen LogP contribution in [0.1, 0.15) is 56.2 Å². The van der Waals surface area contributed by atoms with Gasteiger partial charge in [0.15, 0.2) is 0 Å². The van der Waals surface area contributed by atoms with Crippen LogP contribution in [0.25, 0.3) is 11.1 Å². The summed E-state index contributed by atoms with van der Waals surface area (Å²) >= 11 is 0. The van der Waals surface area contributed by atoms with Gasteiger partial charge in [-0.3, -0.25) is 0 Å². The molecule has 1 aromatic heterocycles. The third-order valence-corrected chi connectivity index (χ3v) is 7.35. The van der Waals surface area contributed by atoms with Gasteiger partial charge < -0.3 is 20.3 Å². The van der Waals surface area contributed by atoms with E-state index >= 15 is 8.78 Å². The lowest BCUT2D eigenvalue weighted by molar-refractivity contribution is -0.0454. The normalized spacial score (nSPS) is 21.1. The van der Waals surface area contributed by atoms with Gasteiger partial charge in [0, 0.05) is 36.3 Å². The number of nitrogens with zero attached hydrogens (tertiary/aromatic N) is 2. The van der Waals surface area contributed by atoms with E-state index in [2.05, 4.69) is 27.8 Å². The van der Waals surface area contributed by atoms with Crippen LogP contribution in [0.3, 0.4) is 0 Å². The lowest BCUT2D eigenvalue weighted by Gasteiger charge is -2.41. The molecule has 2 aliphatic heterocycles. The molecule has 1 atom stereocenters. The summed E-state index contributed by atoms with van der Waals surface area (Å²) in [7, 11) is 0. The number of hydrogen-bond acceptors (Lipinski definition) is 5. The number of ether oxygens (including phenoxy) is 1. The van der Waals surface area contributed by atoms with Crippen LogP contribution < -0.4 is 20.3 Å². The fraction of sp³-hybridized carbons (Fsp3) is 0.414. The lowest BCUT2D eigenvalue weighted by atomic mass is 9.96. The fourth-order valence-electron chi connectivity index (χ4n) is 5.34. The molecule has 3 heterocycles. The summed E-state index contributed by atoms with van der Waals surface area (Å²) in [5.74, 6) is -0.662. The van der Waals surface area contributed by atoms with Crippen molar-refractivity contribution in [1.29, 1.82) is 0 Å². The summed E-state index contributed by atoms with van der Waals surface area (Å²) in [6.07, 6.45) is 4.32. The van der Waals surface area contributed by atoms with Crippen molar-refractivity contribution in [3.8, 4) is 16.9 Å². The van der Waals surface area contributed by atoms with Crippen molar-refractivity contribution in [2.24, 2.45) is 0 Å². The Morgan fingerprint density at radius 2 is 2.00 bits per heavy atom. The summed E-state index contributed by atoms with van der Waals surface area (Å²) in [5.41, 5.74) is 6.58. The summed E-state index contributed by atoms with van der Waals surface area (Å²) < 4.78 is 36.2. The van der Waals surface area contributed by atoms with Crippen molar-refractivity contribution in [2.45, 2.75) is 64.4 Å². The molecule has 7 heteroatoms. The molecule has 1 fully saturated rings. The molecule has 0 spiro atoms. The second-order valence-corrected chi connectivity index (χ2v) is 10.7. The topological polar surface area (TPSA) is 49.4 Å². The maximum absolute atomic E-state index is 15.2. The molecule has 188 valence electrons. The number of anilines is 3. The molecular formula is C29H32F2N4O. The van der Waals surface area contributed by atoms with Gasteiger partial charge >= 0.3 is 0 Å². The van der Waals surface area contributed by atoms with E-state index in [0.717, 1.165) is 54.9 Å². The molecule has 3 aromatic rings. The number of nitrogens with one attached hydrogen (secondary N) is 2. The largest absolute Gasteiger partial charge is 0.454 e. The number of aromatic nitrogens is 1. The van der Waals surface area contributed by atoms with Gasteiger partial charge in [-0.05, 0) is 92.6 Å². The van der Waals surface area contributed by atoms with Gasteiger partial charge in [-0.25, -0.2) is 9.37 Å². The number of benzene rings is 2. The molecule has 2 N–H and O–H groups in total. The van der Waals surface area contributed by atoms with E-state index in [1.54, 1.807) is 6.07 Å². The minimum atomic E-state index is -1.77. The highest BCUT2D eigenvalue weighted by atomic mass is 19.2. The summed E-state index contributed by atoms with van der Waals surface area (Å²) in [5, 5.41) is 6.75. The minimum absolute atomic E-state index is 0.0729. The molecule has 0 radical (unpaired) electrons. The van der Waals surface area contributed by atoms with Gasteiger partial charge in [0.2, 0.25) is 0 Å². The second kappa shape index (κ2) is 8.73. The standard InChI is InChI=1S/C29H32F2N4O/c1-17(2)35-16-29(3,31)36-28-24(18-4-5-18)11-21(12-26(28)35)23-13-27(33-15-25(23)30)34-22-7-6-20-14-32-9-8-19(20)10-22/h6-7,10-13,15,17-18,32H,4-5,8-9,14,16H2,1-3H3,(H,33,34). The van der Waals surface area contributed by atoms with Gasteiger partial charge in [-0.2, -0.15) is 4.39 Å². The van der Waals surface area contributed by atoms with Crippen molar-refractivity contribution in [3.05, 3.63) is 65.1 Å². The molecule has 0 bridgehead atoms. The first-order chi connectivity index (χ1) is 17.3. The monoisotopic (exact) mass is 490 g/mol. The number of halogens is 2. The molecule has 2 aromatic carbocycles. The first kappa shape index (κ1) is 23.2. The number of hydrogen-bond donors (Lipinski definition) is 2. The summed E-state index contributed by atoms with van der Waals surface area (Å²) in [6.45, 7) is 7.54. The molecule has 5 nitrogen and oxygen atoms in total. The third kappa shape index (κ3) is 4.41. The predicted octanol–water partition coefficient (Wildman–Crippen LogP) is 6.45. The van der Waals surface area contributed by atoms with Crippen molar-refractivity contribution in [2.75, 3.05) is 23.3 Å². The van der Waals surface area contributed by atoms with Crippen LogP contribution >= 0.6 is 0 Å². The first-order valence-corrected chi connectivity index (χ1v) is 12.9. The van der Waals surface area contributed by atoms with E-state index in [1.165, 1.54) is 24.2 Å². The Bertz CT molecular complexity index is 1320. The molecular weight excluding hydrogens is 458 g/mol. The van der Waals surface area contributed by atoms with Crippen molar-refractivity contribution < 1.29 is 13.5 Å². The van der Waals surface area contributed by atoms with Crippen LogP contribution in [0, 0.1) is 5.82 Å². The summed E-state index contributed by atoms with van der Waals surface area (Å²) in [6, 6.07) is 12.1. The maximum Gasteiger partial charge on any atom is 0.262 e. The highest BCUT2D eigenvalue weighted by Gasteiger charge is 2.40. The lowest BCUT2D eigenvalue weighted by Crippen LogP contribution is -2.49. The Kier molecular flexibility index (Phi) is 5.63. The average Bonchev–Trinajstić information content (AvgIpc) is 3.69. The van der Waals surface area contributed by atoms with Crippen molar-refractivity contribution in [1.82, 2.24) is 10.3 Å². The van der Waals surface area contributed by atoms with E-state index in [1.807, 2.05) is 36.9 Å². The van der Waals surface area contributed by atoms with Gasteiger partial charge in [-0.15, -0.1) is 0 Å². The Morgan fingerprint density at radius 1 is 1.17 bits per heavy atom. The quantitative estimate of drug-likeness (QED) is 0.431. The molecule has 0 saturated heterocycles. The van der Waals surface area contributed by atoms with E-state index < -0.39 is 5.85 Å². The van der Waals surface area contributed by atoms with Crippen LogP contribution in [0.15, 0.2) is 42.6 Å². The molecule has 0 amide bonds. The molecule has 1 aliphatic carbocycles. The zero-order chi connectivity index (χ0) is 25.0. The Morgan fingerprint density at radius 3 is 2.78 bits per heavy atom. The Hall–Kier alpha value is -3.19. The smallest absolute Gasteiger partial charge is 0.262 e. The van der Waals surface area contributed by atoms with E-state index in [0.29, 0.717) is 23.0 Å². The molecule has 6 rings (SSSR count).